The van der Waals surface area contributed by atoms with Crippen LogP contribution >= 0.6 is 11.6 Å². The Morgan fingerprint density at radius 3 is 2.48 bits per heavy atom. The van der Waals surface area contributed by atoms with Crippen molar-refractivity contribution in [2.24, 2.45) is 0 Å². The molecule has 1 unspecified atom stereocenters. The first-order valence-corrected chi connectivity index (χ1v) is 7.55. The van der Waals surface area contributed by atoms with E-state index in [1.807, 2.05) is 19.9 Å². The van der Waals surface area contributed by atoms with Crippen LogP contribution < -0.4 is 5.32 Å². The molecule has 114 valence electrons. The lowest BCUT2D eigenvalue weighted by molar-refractivity contribution is 0.484. The minimum atomic E-state index is -0.374. The molecule has 1 N–H and O–H groups in total. The fourth-order valence-corrected chi connectivity index (χ4v) is 2.86. The zero-order valence-corrected chi connectivity index (χ0v) is 13.6. The molecule has 1 aromatic heterocycles. The average Bonchev–Trinajstić information content (AvgIpc) is 2.67. The molecule has 1 aromatic carbocycles. The third-order valence-corrected chi connectivity index (χ3v) is 4.15. The fraction of sp³-hybridized carbons (Fsp3) is 0.412. The monoisotopic (exact) mass is 309 g/mol. The predicted octanol–water partition coefficient (Wildman–Crippen LogP) is 4.89. The van der Waals surface area contributed by atoms with Crippen LogP contribution in [-0.2, 0) is 6.42 Å². The summed E-state index contributed by atoms with van der Waals surface area (Å²) in [5, 5.41) is 3.62. The molecule has 1 atom stereocenters. The van der Waals surface area contributed by atoms with Gasteiger partial charge >= 0.3 is 0 Å². The highest BCUT2D eigenvalue weighted by Crippen LogP contribution is 2.30. The number of likely N-dealkylation sites (N-methyl/N-ethyl adjacent to an activating group) is 1. The van der Waals surface area contributed by atoms with Gasteiger partial charge in [-0.1, -0.05) is 24.6 Å². The van der Waals surface area contributed by atoms with Gasteiger partial charge in [0.2, 0.25) is 0 Å². The molecule has 0 spiro atoms. The van der Waals surface area contributed by atoms with Gasteiger partial charge in [-0.2, -0.15) is 0 Å². The molecule has 2 aromatic rings. The second-order valence-electron chi connectivity index (χ2n) is 5.32. The molecule has 2 nitrogen and oxygen atoms in total. The van der Waals surface area contributed by atoms with Crippen LogP contribution in [0, 0.1) is 26.6 Å². The van der Waals surface area contributed by atoms with Crippen LogP contribution in [0.25, 0.3) is 0 Å². The molecule has 0 aliphatic rings. The molecule has 2 rings (SSSR count). The van der Waals surface area contributed by atoms with Crippen LogP contribution in [0.4, 0.5) is 4.39 Å². The van der Waals surface area contributed by atoms with Crippen molar-refractivity contribution in [2.45, 2.75) is 40.2 Å². The number of furan rings is 1. The Labute approximate surface area is 130 Å². The van der Waals surface area contributed by atoms with Gasteiger partial charge in [0, 0.05) is 11.6 Å². The van der Waals surface area contributed by atoms with E-state index in [0.29, 0.717) is 6.42 Å². The van der Waals surface area contributed by atoms with Gasteiger partial charge in [-0.15, -0.1) is 0 Å². The SMILES string of the molecule is CCNC(Cc1ccc(Cl)c(F)c1)c1c(C)oc(C)c1C. The van der Waals surface area contributed by atoms with Gasteiger partial charge < -0.3 is 9.73 Å². The molecular formula is C17H21ClFNO. The summed E-state index contributed by atoms with van der Waals surface area (Å²) in [4.78, 5) is 0. The van der Waals surface area contributed by atoms with E-state index in [2.05, 4.69) is 19.2 Å². The quantitative estimate of drug-likeness (QED) is 0.850. The minimum absolute atomic E-state index is 0.105. The van der Waals surface area contributed by atoms with E-state index < -0.39 is 0 Å². The number of aryl methyl sites for hydroxylation is 2. The molecule has 1 heterocycles. The lowest BCUT2D eigenvalue weighted by atomic mass is 9.95. The smallest absolute Gasteiger partial charge is 0.142 e. The van der Waals surface area contributed by atoms with Gasteiger partial charge in [0.25, 0.3) is 0 Å². The zero-order chi connectivity index (χ0) is 15.6. The van der Waals surface area contributed by atoms with Crippen LogP contribution in [0.15, 0.2) is 22.6 Å². The molecule has 0 aliphatic heterocycles. The van der Waals surface area contributed by atoms with E-state index in [0.717, 1.165) is 29.2 Å². The largest absolute Gasteiger partial charge is 0.466 e. The highest BCUT2D eigenvalue weighted by molar-refractivity contribution is 6.30. The van der Waals surface area contributed by atoms with E-state index in [4.69, 9.17) is 16.0 Å². The predicted molar refractivity (Wildman–Crippen MR) is 84.5 cm³/mol. The van der Waals surface area contributed by atoms with Gasteiger partial charge in [0.05, 0.1) is 5.02 Å². The lowest BCUT2D eigenvalue weighted by Crippen LogP contribution is -2.24. The molecule has 0 saturated carbocycles. The van der Waals surface area contributed by atoms with Crippen LogP contribution in [0.1, 0.15) is 41.2 Å². The number of benzene rings is 1. The topological polar surface area (TPSA) is 25.2 Å². The summed E-state index contributed by atoms with van der Waals surface area (Å²) < 4.78 is 19.3. The van der Waals surface area contributed by atoms with Crippen molar-refractivity contribution >= 4 is 11.6 Å². The average molecular weight is 310 g/mol. The summed E-state index contributed by atoms with van der Waals surface area (Å²) in [7, 11) is 0. The van der Waals surface area contributed by atoms with Crippen molar-refractivity contribution in [2.75, 3.05) is 6.54 Å². The molecule has 0 fully saturated rings. The standard InChI is InChI=1S/C17H21ClFNO/c1-5-20-16(17-10(2)11(3)21-12(17)4)9-13-6-7-14(18)15(19)8-13/h6-8,16,20H,5,9H2,1-4H3. The highest BCUT2D eigenvalue weighted by atomic mass is 35.5. The number of hydrogen-bond acceptors (Lipinski definition) is 2. The number of halogens is 2. The number of rotatable bonds is 5. The zero-order valence-electron chi connectivity index (χ0n) is 12.9. The molecular weight excluding hydrogens is 289 g/mol. The van der Waals surface area contributed by atoms with E-state index in [-0.39, 0.29) is 16.9 Å². The van der Waals surface area contributed by atoms with Crippen molar-refractivity contribution in [1.82, 2.24) is 5.32 Å². The second-order valence-corrected chi connectivity index (χ2v) is 5.72. The van der Waals surface area contributed by atoms with Crippen molar-refractivity contribution in [3.05, 3.63) is 57.2 Å². The molecule has 0 amide bonds. The van der Waals surface area contributed by atoms with E-state index in [1.54, 1.807) is 6.07 Å². The Morgan fingerprint density at radius 2 is 1.95 bits per heavy atom. The van der Waals surface area contributed by atoms with Crippen LogP contribution in [-0.4, -0.2) is 6.54 Å². The number of nitrogens with one attached hydrogen (secondary N) is 1. The second kappa shape index (κ2) is 6.63. The first kappa shape index (κ1) is 16.1. The van der Waals surface area contributed by atoms with E-state index in [9.17, 15) is 4.39 Å². The first-order valence-electron chi connectivity index (χ1n) is 7.17. The molecule has 0 bridgehead atoms. The highest BCUT2D eigenvalue weighted by Gasteiger charge is 2.21. The maximum atomic E-state index is 13.6. The van der Waals surface area contributed by atoms with E-state index >= 15 is 0 Å². The summed E-state index contributed by atoms with van der Waals surface area (Å²) in [6, 6.07) is 5.08. The summed E-state index contributed by atoms with van der Waals surface area (Å²) >= 11 is 5.74. The first-order chi connectivity index (χ1) is 9.93. The van der Waals surface area contributed by atoms with Crippen molar-refractivity contribution in [3.63, 3.8) is 0 Å². The summed E-state index contributed by atoms with van der Waals surface area (Å²) in [6.07, 6.45) is 0.697. The van der Waals surface area contributed by atoms with Crippen molar-refractivity contribution < 1.29 is 8.81 Å². The Balaban J connectivity index is 2.32. The summed E-state index contributed by atoms with van der Waals surface area (Å²) in [5.41, 5.74) is 3.25. The van der Waals surface area contributed by atoms with Gasteiger partial charge in [-0.3, -0.25) is 0 Å². The third-order valence-electron chi connectivity index (χ3n) is 3.84. The van der Waals surface area contributed by atoms with Gasteiger partial charge in [-0.25, -0.2) is 4.39 Å². The van der Waals surface area contributed by atoms with Gasteiger partial charge in [-0.05, 0) is 57.0 Å². The van der Waals surface area contributed by atoms with Crippen LogP contribution in [0.5, 0.6) is 0 Å². The maximum Gasteiger partial charge on any atom is 0.142 e. The molecule has 0 radical (unpaired) electrons. The lowest BCUT2D eigenvalue weighted by Gasteiger charge is -2.19. The maximum absolute atomic E-state index is 13.6. The number of hydrogen-bond donors (Lipinski definition) is 1. The third kappa shape index (κ3) is 3.47. The summed E-state index contributed by atoms with van der Waals surface area (Å²) in [5.74, 6) is 1.49. The summed E-state index contributed by atoms with van der Waals surface area (Å²) in [6.45, 7) is 8.91. The van der Waals surface area contributed by atoms with Gasteiger partial charge in [0.1, 0.15) is 17.3 Å². The molecule has 0 saturated heterocycles. The van der Waals surface area contributed by atoms with Crippen LogP contribution in [0.3, 0.4) is 0 Å². The van der Waals surface area contributed by atoms with Crippen molar-refractivity contribution in [3.8, 4) is 0 Å². The van der Waals surface area contributed by atoms with Crippen molar-refractivity contribution in [1.29, 1.82) is 0 Å². The molecule has 4 heteroatoms. The van der Waals surface area contributed by atoms with Gasteiger partial charge in [0.15, 0.2) is 0 Å². The fourth-order valence-electron chi connectivity index (χ4n) is 2.75. The Bertz CT molecular complexity index is 636. The molecule has 0 aliphatic carbocycles. The Hall–Kier alpha value is -1.32. The molecule has 21 heavy (non-hydrogen) atoms. The van der Waals surface area contributed by atoms with Crippen LogP contribution in [0.2, 0.25) is 5.02 Å². The minimum Gasteiger partial charge on any atom is -0.466 e. The Kier molecular flexibility index (Phi) is 5.07. The Morgan fingerprint density at radius 1 is 1.24 bits per heavy atom. The normalized spacial score (nSPS) is 12.7. The van der Waals surface area contributed by atoms with E-state index in [1.165, 1.54) is 11.6 Å².